The van der Waals surface area contributed by atoms with Crippen molar-refractivity contribution in [3.05, 3.63) is 71.8 Å². The lowest BCUT2D eigenvalue weighted by atomic mass is 9.99. The lowest BCUT2D eigenvalue weighted by Gasteiger charge is -2.19. The molecule has 2 aromatic carbocycles. The Morgan fingerprint density at radius 2 is 0.829 bits per heavy atom. The first-order valence-corrected chi connectivity index (χ1v) is 22.3. The van der Waals surface area contributed by atoms with Crippen molar-refractivity contribution < 1.29 is 13.6 Å². The van der Waals surface area contributed by atoms with Gasteiger partial charge in [0, 0.05) is 12.8 Å². The molecule has 0 aromatic heterocycles. The molecule has 0 fully saturated rings. The first-order chi connectivity index (χ1) is 16.2. The second-order valence-electron chi connectivity index (χ2n) is 11.4. The van der Waals surface area contributed by atoms with Gasteiger partial charge >= 0.3 is 0 Å². The van der Waals surface area contributed by atoms with Crippen molar-refractivity contribution in [1.82, 2.24) is 0 Å². The molecule has 0 saturated heterocycles. The smallest absolute Gasteiger partial charge is 0.278 e. The van der Waals surface area contributed by atoms with E-state index in [0.717, 1.165) is 28.3 Å². The molecule has 35 heavy (non-hydrogen) atoms. The zero-order valence-corrected chi connectivity index (χ0v) is 25.8. The predicted octanol–water partition coefficient (Wildman–Crippen LogP) is 7.49. The Kier molecular flexibility index (Phi) is 10.2. The van der Waals surface area contributed by atoms with Crippen LogP contribution in [0, 0.1) is 0 Å². The van der Waals surface area contributed by atoms with Crippen LogP contribution in [-0.4, -0.2) is 42.1 Å². The van der Waals surface area contributed by atoms with Gasteiger partial charge in [-0.2, -0.15) is 0 Å². The highest BCUT2D eigenvalue weighted by Crippen LogP contribution is 2.16. The molecule has 0 aliphatic heterocycles. The van der Waals surface area contributed by atoms with Crippen LogP contribution in [0.2, 0.25) is 58.9 Å². The quantitative estimate of drug-likeness (QED) is 0.163. The first-order valence-electron chi connectivity index (χ1n) is 12.1. The summed E-state index contributed by atoms with van der Waals surface area (Å²) in [4.78, 5) is 0. The molecule has 0 saturated carbocycles. The average Bonchev–Trinajstić information content (AvgIpc) is 2.76. The average molecular weight is 528 g/mol. The Balaban J connectivity index is 2.48. The van der Waals surface area contributed by atoms with Gasteiger partial charge in [-0.25, -0.2) is 0 Å². The van der Waals surface area contributed by atoms with Gasteiger partial charge in [-0.05, 0) is 70.1 Å². The van der Waals surface area contributed by atoms with Crippen molar-refractivity contribution >= 4 is 42.1 Å². The molecule has 2 rings (SSSR count). The standard InChI is InChI=1S/C26H41N3O3Si3/c1-33(2,3)30-27-24(20-25(28-31-34(4,5)6)22-16-12-10-13-17-22)21-26(29-32-35(7,8)9)23-18-14-11-15-19-23/h10-19H,20-21H2,1-9H3. The van der Waals surface area contributed by atoms with Crippen LogP contribution in [-0.2, 0) is 13.6 Å². The third-order valence-electron chi connectivity index (χ3n) is 4.27. The van der Waals surface area contributed by atoms with E-state index in [2.05, 4.69) is 74.4 Å². The molecule has 190 valence electrons. The normalized spacial score (nSPS) is 13.3. The van der Waals surface area contributed by atoms with Gasteiger partial charge in [-0.3, -0.25) is 0 Å². The minimum Gasteiger partial charge on any atom is -0.456 e. The predicted molar refractivity (Wildman–Crippen MR) is 156 cm³/mol. The number of hydrogen-bond acceptors (Lipinski definition) is 6. The highest BCUT2D eigenvalue weighted by Gasteiger charge is 2.22. The molecule has 0 atom stereocenters. The van der Waals surface area contributed by atoms with Crippen LogP contribution in [0.1, 0.15) is 24.0 Å². The molecular weight excluding hydrogens is 487 g/mol. The van der Waals surface area contributed by atoms with E-state index in [1.165, 1.54) is 0 Å². The highest BCUT2D eigenvalue weighted by molar-refractivity contribution is 6.70. The molecule has 0 aliphatic rings. The molecule has 0 heterocycles. The van der Waals surface area contributed by atoms with Crippen molar-refractivity contribution in [2.75, 3.05) is 0 Å². The fraction of sp³-hybridized carbons (Fsp3) is 0.423. The third kappa shape index (κ3) is 12.2. The highest BCUT2D eigenvalue weighted by atomic mass is 28.4. The summed E-state index contributed by atoms with van der Waals surface area (Å²) >= 11 is 0. The van der Waals surface area contributed by atoms with Gasteiger partial charge in [-0.15, -0.1) is 15.5 Å². The zero-order valence-electron chi connectivity index (χ0n) is 22.8. The van der Waals surface area contributed by atoms with Crippen LogP contribution in [0.15, 0.2) is 76.1 Å². The summed E-state index contributed by atoms with van der Waals surface area (Å²) in [5.74, 6) is 0. The maximum absolute atomic E-state index is 6.01. The summed E-state index contributed by atoms with van der Waals surface area (Å²) in [7, 11) is -5.62. The Labute approximate surface area is 214 Å². The number of hydrogen-bond donors (Lipinski definition) is 0. The molecule has 0 unspecified atom stereocenters. The largest absolute Gasteiger partial charge is 0.456 e. The second kappa shape index (κ2) is 12.5. The van der Waals surface area contributed by atoms with Gasteiger partial charge in [0.1, 0.15) is 0 Å². The van der Waals surface area contributed by atoms with E-state index in [1.54, 1.807) is 0 Å². The molecule has 0 bridgehead atoms. The van der Waals surface area contributed by atoms with E-state index in [1.807, 2.05) is 60.7 Å². The monoisotopic (exact) mass is 527 g/mol. The summed E-state index contributed by atoms with van der Waals surface area (Å²) in [6.45, 7) is 19.1. The molecule has 0 amide bonds. The van der Waals surface area contributed by atoms with Crippen LogP contribution < -0.4 is 0 Å². The minimum absolute atomic E-state index is 0.484. The molecule has 0 radical (unpaired) electrons. The van der Waals surface area contributed by atoms with Crippen molar-refractivity contribution in [3.8, 4) is 0 Å². The fourth-order valence-corrected chi connectivity index (χ4v) is 3.91. The summed E-state index contributed by atoms with van der Waals surface area (Å²) in [6.07, 6.45) is 0.968. The molecule has 2 aromatic rings. The fourth-order valence-electron chi connectivity index (χ4n) is 2.73. The molecule has 9 heteroatoms. The van der Waals surface area contributed by atoms with Gasteiger partial charge < -0.3 is 13.6 Å². The van der Waals surface area contributed by atoms with Crippen LogP contribution in [0.4, 0.5) is 0 Å². The van der Waals surface area contributed by atoms with E-state index < -0.39 is 25.0 Å². The molecule has 6 nitrogen and oxygen atoms in total. The van der Waals surface area contributed by atoms with Gasteiger partial charge in [0.05, 0.1) is 17.1 Å². The lowest BCUT2D eigenvalue weighted by Crippen LogP contribution is -2.26. The second-order valence-corrected chi connectivity index (χ2v) is 24.7. The molecule has 0 N–H and O–H groups in total. The molecule has 0 spiro atoms. The number of nitrogens with zero attached hydrogens (tertiary/aromatic N) is 3. The number of oxime groups is 3. The zero-order chi connectivity index (χ0) is 26.1. The summed E-state index contributed by atoms with van der Waals surface area (Å²) < 4.78 is 17.9. The molecule has 0 aliphatic carbocycles. The maximum atomic E-state index is 6.01. The van der Waals surface area contributed by atoms with Crippen molar-refractivity contribution in [3.63, 3.8) is 0 Å². The van der Waals surface area contributed by atoms with Crippen LogP contribution >= 0.6 is 0 Å². The number of rotatable bonds is 12. The van der Waals surface area contributed by atoms with Crippen LogP contribution in [0.5, 0.6) is 0 Å². The summed E-state index contributed by atoms with van der Waals surface area (Å²) in [5, 5.41) is 13.9. The minimum atomic E-state index is -1.89. The van der Waals surface area contributed by atoms with Crippen LogP contribution in [0.3, 0.4) is 0 Å². The van der Waals surface area contributed by atoms with Gasteiger partial charge in [0.25, 0.3) is 25.0 Å². The molecular formula is C26H41N3O3Si3. The number of benzene rings is 2. The topological polar surface area (TPSA) is 64.8 Å². The Hall–Kier alpha value is -2.50. The van der Waals surface area contributed by atoms with Crippen molar-refractivity contribution in [2.24, 2.45) is 15.5 Å². The third-order valence-corrected chi connectivity index (χ3v) is 6.18. The first kappa shape index (κ1) is 28.7. The Bertz CT molecular complexity index is 948. The van der Waals surface area contributed by atoms with Gasteiger partial charge in [0.15, 0.2) is 0 Å². The van der Waals surface area contributed by atoms with E-state index in [-0.39, 0.29) is 0 Å². The lowest BCUT2D eigenvalue weighted by molar-refractivity contribution is 0.330. The SMILES string of the molecule is C[Si](C)(C)ON=C(CC(=NO[Si](C)(C)C)c1ccccc1)CC(=NO[Si](C)(C)C)c1ccccc1. The van der Waals surface area contributed by atoms with Gasteiger partial charge in [0.2, 0.25) is 0 Å². The summed E-state index contributed by atoms with van der Waals surface area (Å²) in [6, 6.07) is 20.2. The Morgan fingerprint density at radius 1 is 0.514 bits per heavy atom. The van der Waals surface area contributed by atoms with E-state index in [4.69, 9.17) is 13.6 Å². The van der Waals surface area contributed by atoms with Crippen molar-refractivity contribution in [1.29, 1.82) is 0 Å². The van der Waals surface area contributed by atoms with E-state index in [9.17, 15) is 0 Å². The van der Waals surface area contributed by atoms with Gasteiger partial charge in [-0.1, -0.05) is 60.7 Å². The van der Waals surface area contributed by atoms with E-state index in [0.29, 0.717) is 12.8 Å². The van der Waals surface area contributed by atoms with Crippen LogP contribution in [0.25, 0.3) is 0 Å². The van der Waals surface area contributed by atoms with E-state index >= 15 is 0 Å². The summed E-state index contributed by atoms with van der Waals surface area (Å²) in [5.41, 5.74) is 4.48. The van der Waals surface area contributed by atoms with Crippen molar-refractivity contribution in [2.45, 2.75) is 71.8 Å². The Morgan fingerprint density at radius 3 is 1.14 bits per heavy atom. The maximum Gasteiger partial charge on any atom is 0.278 e.